The zero-order valence-electron chi connectivity index (χ0n) is 11.5. The Bertz CT molecular complexity index is 298. The molecule has 0 amide bonds. The molecule has 1 aliphatic carbocycles. The van der Waals surface area contributed by atoms with E-state index in [2.05, 4.69) is 12.2 Å². The number of hydrogen-bond acceptors (Lipinski definition) is 2. The standard InChI is InChI=1S/C14H24F3NO/c1-2-10-5-8-18-12(9-10)13(19)6-3-11(4-7-13)14(15,16)17/h10-12,18-19H,2-9H2,1H3. The van der Waals surface area contributed by atoms with Crippen LogP contribution in [0.25, 0.3) is 0 Å². The van der Waals surface area contributed by atoms with Crippen molar-refractivity contribution in [3.05, 3.63) is 0 Å². The molecule has 0 aromatic heterocycles. The number of rotatable bonds is 2. The number of piperidine rings is 1. The first-order chi connectivity index (χ1) is 8.85. The van der Waals surface area contributed by atoms with Gasteiger partial charge in [0.05, 0.1) is 11.5 Å². The van der Waals surface area contributed by atoms with Gasteiger partial charge in [0.15, 0.2) is 0 Å². The van der Waals surface area contributed by atoms with Crippen LogP contribution in [-0.2, 0) is 0 Å². The van der Waals surface area contributed by atoms with Gasteiger partial charge in [0, 0.05) is 6.04 Å². The average Bonchev–Trinajstić information content (AvgIpc) is 2.38. The third-order valence-corrected chi connectivity index (χ3v) is 5.05. The van der Waals surface area contributed by atoms with Crippen molar-refractivity contribution in [1.82, 2.24) is 5.32 Å². The zero-order valence-corrected chi connectivity index (χ0v) is 11.5. The summed E-state index contributed by atoms with van der Waals surface area (Å²) in [6.45, 7) is 3.01. The second-order valence-corrected chi connectivity index (χ2v) is 6.22. The van der Waals surface area contributed by atoms with Crippen LogP contribution in [0.4, 0.5) is 13.2 Å². The van der Waals surface area contributed by atoms with Gasteiger partial charge in [-0.25, -0.2) is 0 Å². The predicted octanol–water partition coefficient (Wildman–Crippen LogP) is 3.25. The molecule has 0 bridgehead atoms. The lowest BCUT2D eigenvalue weighted by Crippen LogP contribution is -2.56. The highest BCUT2D eigenvalue weighted by molar-refractivity contribution is 4.98. The summed E-state index contributed by atoms with van der Waals surface area (Å²) in [5.41, 5.74) is -0.935. The van der Waals surface area contributed by atoms with Crippen LogP contribution in [-0.4, -0.2) is 29.5 Å². The Morgan fingerprint density at radius 3 is 2.37 bits per heavy atom. The van der Waals surface area contributed by atoms with Crippen molar-refractivity contribution in [2.45, 2.75) is 69.7 Å². The lowest BCUT2D eigenvalue weighted by atomic mass is 9.71. The molecule has 1 saturated heterocycles. The van der Waals surface area contributed by atoms with Crippen molar-refractivity contribution in [2.75, 3.05) is 6.54 Å². The molecule has 2 nitrogen and oxygen atoms in total. The van der Waals surface area contributed by atoms with E-state index in [0.29, 0.717) is 5.92 Å². The molecule has 2 N–H and O–H groups in total. The Hall–Kier alpha value is -0.290. The summed E-state index contributed by atoms with van der Waals surface area (Å²) in [4.78, 5) is 0. The molecule has 0 aromatic carbocycles. The van der Waals surface area contributed by atoms with Gasteiger partial charge in [-0.15, -0.1) is 0 Å². The molecule has 5 heteroatoms. The highest BCUT2D eigenvalue weighted by Gasteiger charge is 2.48. The quantitative estimate of drug-likeness (QED) is 0.813. The summed E-state index contributed by atoms with van der Waals surface area (Å²) in [5, 5.41) is 14.0. The van der Waals surface area contributed by atoms with E-state index >= 15 is 0 Å². The second-order valence-electron chi connectivity index (χ2n) is 6.22. The van der Waals surface area contributed by atoms with Crippen molar-refractivity contribution >= 4 is 0 Å². The van der Waals surface area contributed by atoms with Gasteiger partial charge >= 0.3 is 6.18 Å². The normalized spacial score (nSPS) is 41.2. The Labute approximate surface area is 112 Å². The minimum atomic E-state index is -4.10. The average molecular weight is 279 g/mol. The number of halogens is 3. The van der Waals surface area contributed by atoms with E-state index in [0.717, 1.165) is 25.8 Å². The predicted molar refractivity (Wildman–Crippen MR) is 67.8 cm³/mol. The molecule has 2 atom stereocenters. The molecule has 19 heavy (non-hydrogen) atoms. The Morgan fingerprint density at radius 1 is 1.21 bits per heavy atom. The molecule has 2 aliphatic rings. The monoisotopic (exact) mass is 279 g/mol. The van der Waals surface area contributed by atoms with E-state index in [4.69, 9.17) is 0 Å². The maximum Gasteiger partial charge on any atom is 0.391 e. The molecule has 0 aromatic rings. The van der Waals surface area contributed by atoms with Gasteiger partial charge in [-0.3, -0.25) is 0 Å². The van der Waals surface area contributed by atoms with Gasteiger partial charge in [-0.2, -0.15) is 13.2 Å². The van der Waals surface area contributed by atoms with E-state index in [-0.39, 0.29) is 31.7 Å². The minimum absolute atomic E-state index is 0.0274. The maximum absolute atomic E-state index is 12.7. The third kappa shape index (κ3) is 3.43. The number of hydrogen-bond donors (Lipinski definition) is 2. The van der Waals surface area contributed by atoms with Gasteiger partial charge in [0.1, 0.15) is 0 Å². The fourth-order valence-corrected chi connectivity index (χ4v) is 3.57. The second kappa shape index (κ2) is 5.60. The molecule has 0 radical (unpaired) electrons. The number of nitrogens with one attached hydrogen (secondary N) is 1. The van der Waals surface area contributed by atoms with E-state index in [1.54, 1.807) is 0 Å². The van der Waals surface area contributed by atoms with E-state index < -0.39 is 17.7 Å². The zero-order chi connectivity index (χ0) is 14.1. The van der Waals surface area contributed by atoms with Crippen LogP contribution in [0.3, 0.4) is 0 Å². The summed E-state index contributed by atoms with van der Waals surface area (Å²) >= 11 is 0. The largest absolute Gasteiger partial charge is 0.391 e. The smallest absolute Gasteiger partial charge is 0.388 e. The lowest BCUT2D eigenvalue weighted by molar-refractivity contribution is -0.195. The fraction of sp³-hybridized carbons (Fsp3) is 1.00. The summed E-state index contributed by atoms with van der Waals surface area (Å²) in [5.74, 6) is -0.631. The molecular formula is C14H24F3NO. The maximum atomic E-state index is 12.7. The van der Waals surface area contributed by atoms with E-state index in [1.807, 2.05) is 0 Å². The molecule has 0 spiro atoms. The van der Waals surface area contributed by atoms with Crippen molar-refractivity contribution in [2.24, 2.45) is 11.8 Å². The van der Waals surface area contributed by atoms with Crippen LogP contribution in [0.1, 0.15) is 51.9 Å². The highest BCUT2D eigenvalue weighted by atomic mass is 19.4. The first-order valence-electron chi connectivity index (χ1n) is 7.37. The minimum Gasteiger partial charge on any atom is -0.388 e. The summed E-state index contributed by atoms with van der Waals surface area (Å²) in [6, 6.07) is -0.0274. The van der Waals surface area contributed by atoms with Crippen molar-refractivity contribution in [3.63, 3.8) is 0 Å². The highest BCUT2D eigenvalue weighted by Crippen LogP contribution is 2.43. The van der Waals surface area contributed by atoms with Crippen LogP contribution < -0.4 is 5.32 Å². The van der Waals surface area contributed by atoms with Crippen LogP contribution in [0.5, 0.6) is 0 Å². The number of aliphatic hydroxyl groups is 1. The number of alkyl halides is 3. The Kier molecular flexibility index (Phi) is 4.45. The summed E-state index contributed by atoms with van der Waals surface area (Å²) in [7, 11) is 0. The van der Waals surface area contributed by atoms with E-state index in [9.17, 15) is 18.3 Å². The Balaban J connectivity index is 1.94. The van der Waals surface area contributed by atoms with Crippen molar-refractivity contribution < 1.29 is 18.3 Å². The van der Waals surface area contributed by atoms with Gasteiger partial charge < -0.3 is 10.4 Å². The van der Waals surface area contributed by atoms with Crippen molar-refractivity contribution in [3.8, 4) is 0 Å². The lowest BCUT2D eigenvalue weighted by Gasteiger charge is -2.45. The third-order valence-electron chi connectivity index (χ3n) is 5.05. The summed E-state index contributed by atoms with van der Waals surface area (Å²) < 4.78 is 38.0. The molecule has 1 heterocycles. The first-order valence-corrected chi connectivity index (χ1v) is 7.37. The molecule has 2 fully saturated rings. The van der Waals surface area contributed by atoms with Crippen LogP contribution >= 0.6 is 0 Å². The molecule has 2 rings (SSSR count). The fourth-order valence-electron chi connectivity index (χ4n) is 3.57. The molecule has 112 valence electrons. The van der Waals surface area contributed by atoms with Gasteiger partial charge in [0.25, 0.3) is 0 Å². The molecule has 1 saturated carbocycles. The van der Waals surface area contributed by atoms with E-state index in [1.165, 1.54) is 0 Å². The van der Waals surface area contributed by atoms with Gasteiger partial charge in [0.2, 0.25) is 0 Å². The topological polar surface area (TPSA) is 32.3 Å². The molecular weight excluding hydrogens is 255 g/mol. The van der Waals surface area contributed by atoms with Gasteiger partial charge in [-0.1, -0.05) is 13.3 Å². The SMILES string of the molecule is CCC1CCNC(C2(O)CCC(C(F)(F)F)CC2)C1. The van der Waals surface area contributed by atoms with Crippen LogP contribution in [0, 0.1) is 11.8 Å². The van der Waals surface area contributed by atoms with Gasteiger partial charge in [-0.05, 0) is 51.0 Å². The first kappa shape index (κ1) is 15.1. The molecule has 2 unspecified atom stereocenters. The van der Waals surface area contributed by atoms with Crippen molar-refractivity contribution in [1.29, 1.82) is 0 Å². The summed E-state index contributed by atoms with van der Waals surface area (Å²) in [6.07, 6.45) is -0.356. The van der Waals surface area contributed by atoms with Crippen LogP contribution in [0.15, 0.2) is 0 Å². The molecule has 1 aliphatic heterocycles. The van der Waals surface area contributed by atoms with Crippen LogP contribution in [0.2, 0.25) is 0 Å². The Morgan fingerprint density at radius 2 is 1.84 bits per heavy atom.